The van der Waals surface area contributed by atoms with Crippen LogP contribution in [0.1, 0.15) is 0 Å². The van der Waals surface area contributed by atoms with Gasteiger partial charge in [0.05, 0.1) is 0 Å². The van der Waals surface area contributed by atoms with Crippen LogP contribution in [0, 0.1) is 0 Å². The van der Waals surface area contributed by atoms with E-state index >= 15 is 0 Å². The summed E-state index contributed by atoms with van der Waals surface area (Å²) in [6.45, 7) is 0. The Kier molecular flexibility index (Phi) is 133. The van der Waals surface area contributed by atoms with Gasteiger partial charge in [0, 0.05) is 76.8 Å². The fourth-order valence-electron chi connectivity index (χ4n) is 0. The Morgan fingerprint density at radius 3 is 1.00 bits per heavy atom. The van der Waals surface area contributed by atoms with Crippen LogP contribution in [0.2, 0.25) is 0 Å². The molecule has 0 aliphatic rings. The Balaban J connectivity index is 0. The van der Waals surface area contributed by atoms with Crippen molar-refractivity contribution in [3.63, 3.8) is 0 Å². The zero-order chi connectivity index (χ0) is 0. The molecule has 4 heteroatoms. The van der Waals surface area contributed by atoms with Crippen LogP contribution < -0.4 is 0 Å². The van der Waals surface area contributed by atoms with Gasteiger partial charge >= 0.3 is 0 Å². The second-order valence-corrected chi connectivity index (χ2v) is 0. The maximum atomic E-state index is 0. The van der Waals surface area contributed by atoms with E-state index in [2.05, 4.69) is 0 Å². The smallest absolute Gasteiger partial charge is 0 e. The molecule has 0 nitrogen and oxygen atoms in total. The van der Waals surface area contributed by atoms with Gasteiger partial charge in [0.15, 0.2) is 0 Å². The fourth-order valence-corrected chi connectivity index (χ4v) is 0. The summed E-state index contributed by atoms with van der Waals surface area (Å²) in [5.74, 6) is 0. The monoisotopic (exact) mass is 419 g/mol. The molecule has 0 aromatic heterocycles. The average Bonchev–Trinajstić information content (AvgIpc) is 0. The Morgan fingerprint density at radius 2 is 1.00 bits per heavy atom. The van der Waals surface area contributed by atoms with Gasteiger partial charge in [-0.1, -0.05) is 0 Å². The first-order valence-electron chi connectivity index (χ1n) is 0. The van der Waals surface area contributed by atoms with Crippen molar-refractivity contribution in [3.05, 3.63) is 0 Å². The molecule has 0 atom stereocenters. The van der Waals surface area contributed by atoms with Crippen LogP contribution in [0.25, 0.3) is 0 Å². The van der Waals surface area contributed by atoms with Crippen molar-refractivity contribution in [3.8, 4) is 0 Å². The summed E-state index contributed by atoms with van der Waals surface area (Å²) in [6, 6.07) is 0. The van der Waals surface area contributed by atoms with Crippen LogP contribution in [0.15, 0.2) is 0 Å². The molecule has 0 spiro atoms. The van der Waals surface area contributed by atoms with E-state index in [0.29, 0.717) is 0 Å². The van der Waals surface area contributed by atoms with Crippen molar-refractivity contribution in [2.45, 2.75) is 0 Å². The molecule has 11 radical (unpaired) electrons. The molecule has 0 aliphatic carbocycles. The zero-order valence-corrected chi connectivity index (χ0v) is 9.99. The van der Waals surface area contributed by atoms with Crippen LogP contribution in [0.3, 0.4) is 0 Å². The van der Waals surface area contributed by atoms with Crippen LogP contribution >= 0.6 is 9.90 Å². The fraction of sp³-hybridized carbons (Fsp3) is 0. The molecule has 0 fully saturated rings. The van der Waals surface area contributed by atoms with E-state index in [0.717, 1.165) is 0 Å². The SMILES string of the molecule is [Bi].[Co].[P].[Sn]. The van der Waals surface area contributed by atoms with Crippen molar-refractivity contribution in [1.82, 2.24) is 0 Å². The van der Waals surface area contributed by atoms with Gasteiger partial charge in [0.2, 0.25) is 0 Å². The molecule has 0 rings (SSSR count). The second kappa shape index (κ2) is 17.5. The van der Waals surface area contributed by atoms with Crippen molar-refractivity contribution in [2.24, 2.45) is 0 Å². The molecular formula is BiCoPSn. The summed E-state index contributed by atoms with van der Waals surface area (Å²) in [5, 5.41) is 0. The van der Waals surface area contributed by atoms with Crippen LogP contribution in [-0.2, 0) is 16.8 Å². The molecule has 23 valence electrons. The van der Waals surface area contributed by atoms with Gasteiger partial charge in [-0.25, -0.2) is 0 Å². The van der Waals surface area contributed by atoms with Gasteiger partial charge in [0.25, 0.3) is 0 Å². The quantitative estimate of drug-likeness (QED) is 0.387. The van der Waals surface area contributed by atoms with Crippen LogP contribution in [0.5, 0.6) is 0 Å². The van der Waals surface area contributed by atoms with Gasteiger partial charge in [-0.15, -0.1) is 0 Å². The Labute approximate surface area is 75.8 Å². The first kappa shape index (κ1) is 30.5. The average molecular weight is 418 g/mol. The number of hydrogen-bond donors (Lipinski definition) is 0. The molecule has 0 bridgehead atoms. The maximum absolute atomic E-state index is 0. The minimum atomic E-state index is 0. The summed E-state index contributed by atoms with van der Waals surface area (Å²) in [7, 11) is 0. The summed E-state index contributed by atoms with van der Waals surface area (Å²) >= 11 is 0. The summed E-state index contributed by atoms with van der Waals surface area (Å²) < 4.78 is 0. The van der Waals surface area contributed by atoms with E-state index in [1.807, 2.05) is 0 Å². The van der Waals surface area contributed by atoms with Gasteiger partial charge < -0.3 is 0 Å². The summed E-state index contributed by atoms with van der Waals surface area (Å²) in [6.07, 6.45) is 0. The molecule has 0 N–H and O–H groups in total. The predicted molar refractivity (Wildman–Crippen MR) is 18.4 cm³/mol. The Hall–Kier alpha value is 2.62. The molecule has 0 aromatic rings. The van der Waals surface area contributed by atoms with Crippen molar-refractivity contribution < 1.29 is 16.8 Å². The third kappa shape index (κ3) is 8.82. The van der Waals surface area contributed by atoms with Crippen molar-refractivity contribution >= 4 is 60.0 Å². The van der Waals surface area contributed by atoms with Crippen LogP contribution in [0.4, 0.5) is 0 Å². The number of hydrogen-bond acceptors (Lipinski definition) is 0. The molecule has 0 amide bonds. The van der Waals surface area contributed by atoms with Gasteiger partial charge in [0.1, 0.15) is 0 Å². The van der Waals surface area contributed by atoms with E-state index in [1.54, 1.807) is 0 Å². The minimum absolute atomic E-state index is 0. The van der Waals surface area contributed by atoms with E-state index < -0.39 is 0 Å². The van der Waals surface area contributed by atoms with E-state index in [-0.39, 0.29) is 76.8 Å². The van der Waals surface area contributed by atoms with Gasteiger partial charge in [-0.05, 0) is 0 Å². The third-order valence-corrected chi connectivity index (χ3v) is 0. The molecule has 0 saturated heterocycles. The largest absolute Gasteiger partial charge is 0 e. The maximum Gasteiger partial charge on any atom is 0 e. The van der Waals surface area contributed by atoms with E-state index in [9.17, 15) is 0 Å². The third-order valence-electron chi connectivity index (χ3n) is 0. The van der Waals surface area contributed by atoms with Crippen molar-refractivity contribution in [2.75, 3.05) is 0 Å². The normalized spacial score (nSPS) is 0. The zero-order valence-electron chi connectivity index (χ0n) is 1.73. The molecule has 0 unspecified atom stereocenters. The Morgan fingerprint density at radius 1 is 1.00 bits per heavy atom. The first-order valence-corrected chi connectivity index (χ1v) is 0. The molecule has 0 saturated carbocycles. The number of rotatable bonds is 0. The molecule has 0 heterocycles. The van der Waals surface area contributed by atoms with E-state index in [1.165, 1.54) is 0 Å². The van der Waals surface area contributed by atoms with Crippen LogP contribution in [-0.4, -0.2) is 50.1 Å². The van der Waals surface area contributed by atoms with Crippen molar-refractivity contribution in [1.29, 1.82) is 0 Å². The van der Waals surface area contributed by atoms with E-state index in [4.69, 9.17) is 0 Å². The standard InChI is InChI=1S/Bi.Co.P.Sn. The molecular weight excluding hydrogens is 418 g/mol. The van der Waals surface area contributed by atoms with Gasteiger partial charge in [-0.2, -0.15) is 0 Å². The Bertz CT molecular complexity index is 8.00. The molecule has 4 heavy (non-hydrogen) atoms. The second-order valence-electron chi connectivity index (χ2n) is 0. The minimum Gasteiger partial charge on any atom is 0 e. The predicted octanol–water partition coefficient (Wildman–Crippen LogP) is 0.0971. The van der Waals surface area contributed by atoms with Gasteiger partial charge in [-0.3, -0.25) is 0 Å². The summed E-state index contributed by atoms with van der Waals surface area (Å²) in [4.78, 5) is 0. The first-order chi connectivity index (χ1) is 0. The summed E-state index contributed by atoms with van der Waals surface area (Å²) in [5.41, 5.74) is 0. The molecule has 0 aliphatic heterocycles. The molecule has 0 aromatic carbocycles. The topological polar surface area (TPSA) is 0 Å².